The number of carbonyl (C=O) groups excluding carboxylic acids is 1. The molecule has 0 aliphatic rings. The van der Waals surface area contributed by atoms with Crippen LogP contribution in [0.1, 0.15) is 15.9 Å². The Morgan fingerprint density at radius 1 is 1.29 bits per heavy atom. The molecule has 0 saturated carbocycles. The number of hydrogen-bond donors (Lipinski definition) is 1. The molecule has 21 heavy (non-hydrogen) atoms. The molecule has 3 nitrogen and oxygen atoms in total. The van der Waals surface area contributed by atoms with E-state index in [0.29, 0.717) is 4.47 Å². The fourth-order valence-electron chi connectivity index (χ4n) is 1.73. The van der Waals surface area contributed by atoms with Gasteiger partial charge < -0.3 is 9.84 Å². The van der Waals surface area contributed by atoms with Crippen LogP contribution in [-0.2, 0) is 0 Å². The van der Waals surface area contributed by atoms with E-state index in [0.717, 1.165) is 11.3 Å². The summed E-state index contributed by atoms with van der Waals surface area (Å²) >= 11 is 9.09. The monoisotopic (exact) mass is 366 g/mol. The van der Waals surface area contributed by atoms with Crippen molar-refractivity contribution in [1.29, 1.82) is 0 Å². The van der Waals surface area contributed by atoms with Crippen LogP contribution in [0.25, 0.3) is 6.08 Å². The second-order valence-electron chi connectivity index (χ2n) is 4.25. The van der Waals surface area contributed by atoms with Crippen LogP contribution >= 0.6 is 27.5 Å². The molecule has 0 amide bonds. The zero-order chi connectivity index (χ0) is 15.4. The smallest absolute Gasteiger partial charge is 0.189 e. The number of hydrogen-bond acceptors (Lipinski definition) is 3. The number of benzene rings is 2. The van der Waals surface area contributed by atoms with Crippen molar-refractivity contribution >= 4 is 39.4 Å². The predicted molar refractivity (Wildman–Crippen MR) is 87.2 cm³/mol. The Morgan fingerprint density at radius 3 is 2.57 bits per heavy atom. The lowest BCUT2D eigenvalue weighted by Crippen LogP contribution is -1.95. The van der Waals surface area contributed by atoms with Gasteiger partial charge in [-0.05, 0) is 35.9 Å². The number of phenols is 1. The molecule has 0 aliphatic heterocycles. The Morgan fingerprint density at radius 2 is 1.95 bits per heavy atom. The summed E-state index contributed by atoms with van der Waals surface area (Å²) in [4.78, 5) is 12.1. The van der Waals surface area contributed by atoms with Crippen molar-refractivity contribution in [3.63, 3.8) is 0 Å². The number of rotatable bonds is 4. The van der Waals surface area contributed by atoms with Crippen molar-refractivity contribution in [2.45, 2.75) is 0 Å². The molecule has 0 atom stereocenters. The molecule has 108 valence electrons. The molecule has 2 aromatic rings. The first kappa shape index (κ1) is 15.6. The van der Waals surface area contributed by atoms with E-state index >= 15 is 0 Å². The standard InChI is InChI=1S/C16H12BrClO3/c1-21-12-5-2-10(3-6-12)4-7-15(19)13-8-11(17)9-14(18)16(13)20/h2-9,20H,1H3/b7-4+. The summed E-state index contributed by atoms with van der Waals surface area (Å²) in [5.74, 6) is 0.200. The van der Waals surface area contributed by atoms with E-state index in [1.54, 1.807) is 25.3 Å². The Labute approximate surface area is 135 Å². The van der Waals surface area contributed by atoms with E-state index in [-0.39, 0.29) is 22.1 Å². The summed E-state index contributed by atoms with van der Waals surface area (Å²) in [6, 6.07) is 10.3. The lowest BCUT2D eigenvalue weighted by atomic mass is 10.1. The van der Waals surface area contributed by atoms with Gasteiger partial charge in [-0.25, -0.2) is 0 Å². The van der Waals surface area contributed by atoms with Gasteiger partial charge in [0.1, 0.15) is 11.5 Å². The van der Waals surface area contributed by atoms with Gasteiger partial charge >= 0.3 is 0 Å². The van der Waals surface area contributed by atoms with E-state index in [4.69, 9.17) is 16.3 Å². The van der Waals surface area contributed by atoms with Gasteiger partial charge in [-0.15, -0.1) is 0 Å². The molecule has 1 N–H and O–H groups in total. The van der Waals surface area contributed by atoms with Crippen LogP contribution in [0.2, 0.25) is 5.02 Å². The highest BCUT2D eigenvalue weighted by Gasteiger charge is 2.12. The SMILES string of the molecule is COc1ccc(/C=C/C(=O)c2cc(Br)cc(Cl)c2O)cc1. The molecule has 0 aliphatic carbocycles. The minimum Gasteiger partial charge on any atom is -0.506 e. The highest BCUT2D eigenvalue weighted by atomic mass is 79.9. The van der Waals surface area contributed by atoms with Gasteiger partial charge in [0.15, 0.2) is 5.78 Å². The van der Waals surface area contributed by atoms with E-state index < -0.39 is 0 Å². The molecule has 0 bridgehead atoms. The third-order valence-electron chi connectivity index (χ3n) is 2.84. The molecule has 5 heteroatoms. The van der Waals surface area contributed by atoms with Crippen molar-refractivity contribution in [2.75, 3.05) is 7.11 Å². The van der Waals surface area contributed by atoms with Crippen LogP contribution in [0.3, 0.4) is 0 Å². The highest BCUT2D eigenvalue weighted by molar-refractivity contribution is 9.10. The van der Waals surface area contributed by atoms with Crippen LogP contribution in [0, 0.1) is 0 Å². The quantitative estimate of drug-likeness (QED) is 0.628. The van der Waals surface area contributed by atoms with Gasteiger partial charge in [-0.2, -0.15) is 0 Å². The molecule has 0 heterocycles. The van der Waals surface area contributed by atoms with E-state index in [2.05, 4.69) is 15.9 Å². The molecular formula is C16H12BrClO3. The number of carbonyl (C=O) groups is 1. The summed E-state index contributed by atoms with van der Waals surface area (Å²) in [7, 11) is 1.59. The van der Waals surface area contributed by atoms with Gasteiger partial charge in [0.2, 0.25) is 0 Å². The molecule has 0 unspecified atom stereocenters. The predicted octanol–water partition coefficient (Wildman–Crippen LogP) is 4.71. The number of halogens is 2. The Kier molecular flexibility index (Phi) is 5.04. The van der Waals surface area contributed by atoms with Crippen molar-refractivity contribution in [3.05, 3.63) is 63.1 Å². The van der Waals surface area contributed by atoms with Gasteiger partial charge in [0.05, 0.1) is 17.7 Å². The van der Waals surface area contributed by atoms with Gasteiger partial charge in [-0.3, -0.25) is 4.79 Å². The average molecular weight is 368 g/mol. The maximum atomic E-state index is 12.1. The number of ketones is 1. The first-order valence-corrected chi connectivity index (χ1v) is 7.23. The summed E-state index contributed by atoms with van der Waals surface area (Å²) in [5, 5.41) is 9.96. The van der Waals surface area contributed by atoms with E-state index in [9.17, 15) is 9.90 Å². The number of methoxy groups -OCH3 is 1. The summed E-state index contributed by atoms with van der Waals surface area (Å²) in [6.45, 7) is 0. The third kappa shape index (κ3) is 3.86. The molecule has 0 spiro atoms. The molecular weight excluding hydrogens is 356 g/mol. The van der Waals surface area contributed by atoms with Crippen molar-refractivity contribution in [1.82, 2.24) is 0 Å². The van der Waals surface area contributed by atoms with Crippen LogP contribution in [-0.4, -0.2) is 18.0 Å². The third-order valence-corrected chi connectivity index (χ3v) is 3.58. The Balaban J connectivity index is 2.22. The second kappa shape index (κ2) is 6.78. The molecule has 0 aromatic heterocycles. The number of allylic oxidation sites excluding steroid dienone is 1. The fraction of sp³-hybridized carbons (Fsp3) is 0.0625. The number of aromatic hydroxyl groups is 1. The summed E-state index contributed by atoms with van der Waals surface area (Å²) < 4.78 is 5.69. The fourth-order valence-corrected chi connectivity index (χ4v) is 2.54. The maximum Gasteiger partial charge on any atom is 0.189 e. The van der Waals surface area contributed by atoms with Crippen LogP contribution < -0.4 is 4.74 Å². The summed E-state index contributed by atoms with van der Waals surface area (Å²) in [6.07, 6.45) is 3.05. The zero-order valence-corrected chi connectivity index (χ0v) is 13.5. The van der Waals surface area contributed by atoms with Crippen molar-refractivity contribution < 1.29 is 14.6 Å². The molecule has 0 fully saturated rings. The average Bonchev–Trinajstić information content (AvgIpc) is 2.49. The van der Waals surface area contributed by atoms with Crippen LogP contribution in [0.15, 0.2) is 46.9 Å². The summed E-state index contributed by atoms with van der Waals surface area (Å²) in [5.41, 5.74) is 1.00. The van der Waals surface area contributed by atoms with E-state index in [1.165, 1.54) is 18.2 Å². The van der Waals surface area contributed by atoms with Crippen molar-refractivity contribution in [2.24, 2.45) is 0 Å². The first-order chi connectivity index (χ1) is 10.0. The number of ether oxygens (including phenoxy) is 1. The largest absolute Gasteiger partial charge is 0.506 e. The van der Waals surface area contributed by atoms with Gasteiger partial charge in [0.25, 0.3) is 0 Å². The molecule has 2 aromatic carbocycles. The van der Waals surface area contributed by atoms with Gasteiger partial charge in [0, 0.05) is 4.47 Å². The lowest BCUT2D eigenvalue weighted by Gasteiger charge is -2.04. The molecule has 0 saturated heterocycles. The Bertz CT molecular complexity index is 693. The van der Waals surface area contributed by atoms with Crippen molar-refractivity contribution in [3.8, 4) is 11.5 Å². The second-order valence-corrected chi connectivity index (χ2v) is 5.58. The van der Waals surface area contributed by atoms with E-state index in [1.807, 2.05) is 12.1 Å². The lowest BCUT2D eigenvalue weighted by molar-refractivity contribution is 0.104. The maximum absolute atomic E-state index is 12.1. The number of phenolic OH excluding ortho intramolecular Hbond substituents is 1. The minimum absolute atomic E-state index is 0.130. The van der Waals surface area contributed by atoms with Gasteiger partial charge in [-0.1, -0.05) is 45.7 Å². The topological polar surface area (TPSA) is 46.5 Å². The van der Waals surface area contributed by atoms with Crippen LogP contribution in [0.5, 0.6) is 11.5 Å². The Hall–Kier alpha value is -1.78. The zero-order valence-electron chi connectivity index (χ0n) is 11.1. The molecule has 2 rings (SSSR count). The molecule has 0 radical (unpaired) electrons. The first-order valence-electron chi connectivity index (χ1n) is 6.05. The van der Waals surface area contributed by atoms with Crippen LogP contribution in [0.4, 0.5) is 0 Å². The highest BCUT2D eigenvalue weighted by Crippen LogP contribution is 2.31. The normalized spacial score (nSPS) is 10.8. The minimum atomic E-state index is -0.327.